The molecular weight excluding hydrogens is 246 g/mol. The van der Waals surface area contributed by atoms with Crippen molar-refractivity contribution in [2.45, 2.75) is 70.6 Å². The predicted molar refractivity (Wildman–Crippen MR) is 82.7 cm³/mol. The van der Waals surface area contributed by atoms with E-state index in [1.807, 2.05) is 0 Å². The maximum atomic E-state index is 6.61. The van der Waals surface area contributed by atoms with Crippen molar-refractivity contribution in [1.29, 1.82) is 0 Å². The Balaban J connectivity index is 1.87. The van der Waals surface area contributed by atoms with E-state index >= 15 is 0 Å². The molecule has 2 unspecified atom stereocenters. The minimum Gasteiger partial charge on any atom is -0.369 e. The molecule has 2 N–H and O–H groups in total. The van der Waals surface area contributed by atoms with Crippen LogP contribution in [-0.2, 0) is 17.6 Å². The van der Waals surface area contributed by atoms with Gasteiger partial charge in [0.15, 0.2) is 0 Å². The molecule has 1 aliphatic carbocycles. The van der Waals surface area contributed by atoms with Gasteiger partial charge in [-0.15, -0.1) is 0 Å². The summed E-state index contributed by atoms with van der Waals surface area (Å²) >= 11 is 0. The first kappa shape index (κ1) is 14.1. The molecule has 1 heterocycles. The zero-order valence-corrected chi connectivity index (χ0v) is 13.2. The molecule has 0 amide bonds. The third kappa shape index (κ3) is 2.40. The van der Waals surface area contributed by atoms with Crippen molar-refractivity contribution in [3.63, 3.8) is 0 Å². The van der Waals surface area contributed by atoms with Gasteiger partial charge in [-0.1, -0.05) is 18.2 Å². The lowest BCUT2D eigenvalue weighted by atomic mass is 9.79. The van der Waals surface area contributed by atoms with E-state index < -0.39 is 0 Å². The summed E-state index contributed by atoms with van der Waals surface area (Å²) < 4.78 is 6.20. The van der Waals surface area contributed by atoms with Gasteiger partial charge in [-0.2, -0.15) is 0 Å². The largest absolute Gasteiger partial charge is 0.369 e. The van der Waals surface area contributed by atoms with Crippen LogP contribution in [-0.4, -0.2) is 11.2 Å². The van der Waals surface area contributed by atoms with Crippen LogP contribution in [0.2, 0.25) is 0 Å². The molecule has 3 rings (SSSR count). The minimum absolute atomic E-state index is 0.0669. The number of nitrogens with two attached hydrogens (primary N) is 1. The molecule has 0 bridgehead atoms. The Bertz CT molecular complexity index is 518. The lowest BCUT2D eigenvalue weighted by Crippen LogP contribution is -2.35. The first-order valence-corrected chi connectivity index (χ1v) is 7.86. The van der Waals surface area contributed by atoms with E-state index in [0.29, 0.717) is 5.92 Å². The van der Waals surface area contributed by atoms with Crippen molar-refractivity contribution in [3.05, 3.63) is 34.9 Å². The minimum atomic E-state index is -0.151. The maximum absolute atomic E-state index is 6.61. The van der Waals surface area contributed by atoms with Gasteiger partial charge in [-0.3, -0.25) is 0 Å². The van der Waals surface area contributed by atoms with E-state index in [4.69, 9.17) is 10.5 Å². The molecular formula is C18H27NO. The summed E-state index contributed by atoms with van der Waals surface area (Å²) in [5, 5.41) is 0. The first-order valence-electron chi connectivity index (χ1n) is 7.86. The molecule has 1 aromatic rings. The van der Waals surface area contributed by atoms with Crippen LogP contribution >= 0.6 is 0 Å². The van der Waals surface area contributed by atoms with Gasteiger partial charge in [0, 0.05) is 12.0 Å². The molecule has 1 aliphatic heterocycles. The lowest BCUT2D eigenvalue weighted by Gasteiger charge is -2.31. The molecule has 0 saturated carbocycles. The smallest absolute Gasteiger partial charge is 0.0680 e. The average molecular weight is 273 g/mol. The SMILES string of the molecule is CC1(C)CC(C(N)c2ccc3c(c2)CCC3)C(C)(C)O1. The van der Waals surface area contributed by atoms with Crippen LogP contribution in [0.5, 0.6) is 0 Å². The zero-order chi connectivity index (χ0) is 14.5. The van der Waals surface area contributed by atoms with Gasteiger partial charge in [0.25, 0.3) is 0 Å². The van der Waals surface area contributed by atoms with Crippen molar-refractivity contribution in [3.8, 4) is 0 Å². The summed E-state index contributed by atoms with van der Waals surface area (Å²) in [4.78, 5) is 0. The van der Waals surface area contributed by atoms with E-state index in [1.54, 1.807) is 0 Å². The lowest BCUT2D eigenvalue weighted by molar-refractivity contribution is -0.0767. The quantitative estimate of drug-likeness (QED) is 0.890. The Labute approximate surface area is 122 Å². The summed E-state index contributed by atoms with van der Waals surface area (Å²) in [5.41, 5.74) is 10.7. The van der Waals surface area contributed by atoms with Gasteiger partial charge < -0.3 is 10.5 Å². The van der Waals surface area contributed by atoms with Gasteiger partial charge in [0.2, 0.25) is 0 Å². The molecule has 0 radical (unpaired) electrons. The second kappa shape index (κ2) is 4.57. The van der Waals surface area contributed by atoms with Crippen LogP contribution in [0.25, 0.3) is 0 Å². The fraction of sp³-hybridized carbons (Fsp3) is 0.667. The Morgan fingerprint density at radius 2 is 1.85 bits per heavy atom. The topological polar surface area (TPSA) is 35.2 Å². The number of aryl methyl sites for hydroxylation is 2. The number of hydrogen-bond donors (Lipinski definition) is 1. The maximum Gasteiger partial charge on any atom is 0.0680 e. The number of fused-ring (bicyclic) bond motifs is 1. The van der Waals surface area contributed by atoms with Crippen LogP contribution in [0.3, 0.4) is 0 Å². The molecule has 2 atom stereocenters. The molecule has 2 heteroatoms. The Morgan fingerprint density at radius 1 is 1.15 bits per heavy atom. The highest BCUT2D eigenvalue weighted by atomic mass is 16.5. The molecule has 1 saturated heterocycles. The third-order valence-electron chi connectivity index (χ3n) is 5.08. The summed E-state index contributed by atoms with van der Waals surface area (Å²) in [6, 6.07) is 6.92. The van der Waals surface area contributed by atoms with Crippen molar-refractivity contribution in [2.24, 2.45) is 11.7 Å². The van der Waals surface area contributed by atoms with Crippen LogP contribution < -0.4 is 5.73 Å². The molecule has 2 aliphatic rings. The molecule has 2 nitrogen and oxygen atoms in total. The van der Waals surface area contributed by atoms with Crippen molar-refractivity contribution < 1.29 is 4.74 Å². The molecule has 0 aromatic heterocycles. The van der Waals surface area contributed by atoms with E-state index in [-0.39, 0.29) is 17.2 Å². The fourth-order valence-electron chi connectivity index (χ4n) is 4.20. The monoisotopic (exact) mass is 273 g/mol. The standard InChI is InChI=1S/C18H27NO/c1-17(2)11-15(18(3,4)20-17)16(19)14-9-8-12-6-5-7-13(12)10-14/h8-10,15-16H,5-7,11,19H2,1-4H3. The van der Waals surface area contributed by atoms with Gasteiger partial charge in [-0.05, 0) is 70.1 Å². The predicted octanol–water partition coefficient (Wildman–Crippen LogP) is 3.77. The number of hydrogen-bond acceptors (Lipinski definition) is 2. The highest BCUT2D eigenvalue weighted by Gasteiger charge is 2.48. The van der Waals surface area contributed by atoms with E-state index in [9.17, 15) is 0 Å². The molecule has 0 spiro atoms. The number of benzene rings is 1. The van der Waals surface area contributed by atoms with Gasteiger partial charge >= 0.3 is 0 Å². The summed E-state index contributed by atoms with van der Waals surface area (Å²) in [5.74, 6) is 0.372. The number of rotatable bonds is 2. The molecule has 1 fully saturated rings. The molecule has 20 heavy (non-hydrogen) atoms. The van der Waals surface area contributed by atoms with Crippen LogP contribution in [0.4, 0.5) is 0 Å². The van der Waals surface area contributed by atoms with Crippen molar-refractivity contribution >= 4 is 0 Å². The summed E-state index contributed by atoms with van der Waals surface area (Å²) in [6.45, 7) is 8.70. The highest BCUT2D eigenvalue weighted by Crippen LogP contribution is 2.47. The van der Waals surface area contributed by atoms with Crippen LogP contribution in [0, 0.1) is 5.92 Å². The first-order chi connectivity index (χ1) is 9.28. The molecule has 1 aromatic carbocycles. The molecule has 110 valence electrons. The van der Waals surface area contributed by atoms with E-state index in [2.05, 4.69) is 45.9 Å². The van der Waals surface area contributed by atoms with Crippen LogP contribution in [0.15, 0.2) is 18.2 Å². The van der Waals surface area contributed by atoms with Gasteiger partial charge in [0.1, 0.15) is 0 Å². The number of ether oxygens (including phenoxy) is 1. The van der Waals surface area contributed by atoms with E-state index in [1.165, 1.54) is 36.0 Å². The normalized spacial score (nSPS) is 28.4. The van der Waals surface area contributed by atoms with Crippen molar-refractivity contribution in [1.82, 2.24) is 0 Å². The fourth-order valence-corrected chi connectivity index (χ4v) is 4.20. The Kier molecular flexibility index (Phi) is 3.22. The van der Waals surface area contributed by atoms with Gasteiger partial charge in [0.05, 0.1) is 11.2 Å². The Hall–Kier alpha value is -0.860. The summed E-state index contributed by atoms with van der Waals surface area (Å²) in [7, 11) is 0. The van der Waals surface area contributed by atoms with Crippen LogP contribution in [0.1, 0.15) is 63.3 Å². The third-order valence-corrected chi connectivity index (χ3v) is 5.08. The van der Waals surface area contributed by atoms with Gasteiger partial charge in [-0.25, -0.2) is 0 Å². The second-order valence-electron chi connectivity index (χ2n) is 7.68. The van der Waals surface area contributed by atoms with E-state index in [0.717, 1.165) is 6.42 Å². The Morgan fingerprint density at radius 3 is 2.50 bits per heavy atom. The zero-order valence-electron chi connectivity index (χ0n) is 13.2. The summed E-state index contributed by atoms with van der Waals surface area (Å²) in [6.07, 6.45) is 4.76. The highest BCUT2D eigenvalue weighted by molar-refractivity contribution is 5.37. The average Bonchev–Trinajstić information content (AvgIpc) is 2.88. The van der Waals surface area contributed by atoms with Crippen molar-refractivity contribution in [2.75, 3.05) is 0 Å². The second-order valence-corrected chi connectivity index (χ2v) is 7.68.